The van der Waals surface area contributed by atoms with Gasteiger partial charge in [0, 0.05) is 31.2 Å². The van der Waals surface area contributed by atoms with Gasteiger partial charge < -0.3 is 24.8 Å². The van der Waals surface area contributed by atoms with E-state index in [9.17, 15) is 34.6 Å². The van der Waals surface area contributed by atoms with E-state index in [4.69, 9.17) is 37.4 Å². The molecule has 0 heterocycles. The van der Waals surface area contributed by atoms with Crippen LogP contribution in [0.25, 0.3) is 0 Å². The van der Waals surface area contributed by atoms with E-state index < -0.39 is 33.5 Å². The average molecular weight is 758 g/mol. The fraction of sp³-hybridized carbons (Fsp3) is 0.167. The topological polar surface area (TPSA) is 263 Å². The van der Waals surface area contributed by atoms with Crippen LogP contribution in [0.3, 0.4) is 0 Å². The number of anilines is 2. The number of Topliss-reactive ketones (excluding diaryl/α,β-unsaturated/α-hetero) is 1. The lowest BCUT2D eigenvalue weighted by atomic mass is 10.1. The molecule has 0 fully saturated rings. The monoisotopic (exact) mass is 756 g/mol. The summed E-state index contributed by atoms with van der Waals surface area (Å²) >= 11 is 12.1. The minimum Gasteiger partial charge on any atom is -0.499 e. The summed E-state index contributed by atoms with van der Waals surface area (Å²) in [5, 5.41) is 42.2. The number of carbonyl (C=O) groups excluding carboxylic acids is 3. The van der Waals surface area contributed by atoms with Crippen LogP contribution in [-0.4, -0.2) is 60.5 Å². The molecular weight excluding hydrogens is 731 g/mol. The van der Waals surface area contributed by atoms with E-state index in [0.29, 0.717) is 0 Å². The van der Waals surface area contributed by atoms with Crippen LogP contribution >= 0.6 is 23.2 Å². The SMILES string of the molecule is COC=Nc1cc(NC(=O)C(N=Nc2ccc([N+](=O)[O-])cc2Cl)C(C)=O)c(NC(C)=O)cc1N=CO/C(=C\OC)N=Nc1ccc([N+](=O)[O-])cc1Cl. The van der Waals surface area contributed by atoms with E-state index in [1.54, 1.807) is 0 Å². The molecule has 0 aliphatic rings. The summed E-state index contributed by atoms with van der Waals surface area (Å²) in [5.41, 5.74) is -0.374. The molecule has 3 rings (SSSR count). The Balaban J connectivity index is 1.93. The van der Waals surface area contributed by atoms with E-state index in [0.717, 1.165) is 44.2 Å². The van der Waals surface area contributed by atoms with Crippen LogP contribution in [0.2, 0.25) is 10.0 Å². The van der Waals surface area contributed by atoms with Gasteiger partial charge in [0.15, 0.2) is 18.6 Å². The number of benzene rings is 3. The number of ether oxygens (including phenoxy) is 3. The number of non-ortho nitro benzene ring substituents is 2. The number of hydrogen-bond donors (Lipinski definition) is 2. The highest BCUT2D eigenvalue weighted by Gasteiger charge is 2.25. The number of hydrogen-bond acceptors (Lipinski definition) is 16. The molecule has 0 aliphatic carbocycles. The number of methoxy groups -OCH3 is 2. The average Bonchev–Trinajstić information content (AvgIpc) is 3.08. The second-order valence-corrected chi connectivity index (χ2v) is 10.6. The van der Waals surface area contributed by atoms with Crippen molar-refractivity contribution < 1.29 is 38.4 Å². The van der Waals surface area contributed by atoms with Crippen LogP contribution in [0.1, 0.15) is 13.8 Å². The molecule has 20 nitrogen and oxygen atoms in total. The van der Waals surface area contributed by atoms with E-state index in [2.05, 4.69) is 41.1 Å². The molecule has 270 valence electrons. The molecule has 0 bridgehead atoms. The first-order valence-electron chi connectivity index (χ1n) is 14.2. The number of nitro benzene ring substituents is 2. The molecule has 52 heavy (non-hydrogen) atoms. The molecule has 22 heteroatoms. The Kier molecular flexibility index (Phi) is 14.5. The lowest BCUT2D eigenvalue weighted by Gasteiger charge is -2.15. The number of ketones is 1. The zero-order valence-corrected chi connectivity index (χ0v) is 28.9. The number of nitrogens with one attached hydrogen (secondary N) is 2. The van der Waals surface area contributed by atoms with Gasteiger partial charge in [-0.2, -0.15) is 10.2 Å². The van der Waals surface area contributed by atoms with Gasteiger partial charge in [-0.1, -0.05) is 23.2 Å². The number of aliphatic imine (C=N–C) groups is 2. The molecule has 3 aromatic carbocycles. The van der Waals surface area contributed by atoms with Gasteiger partial charge in [0.05, 0.1) is 56.9 Å². The normalized spacial score (nSPS) is 12.3. The minimum absolute atomic E-state index is 0.0159. The van der Waals surface area contributed by atoms with Crippen LogP contribution < -0.4 is 10.6 Å². The summed E-state index contributed by atoms with van der Waals surface area (Å²) in [7, 11) is 2.63. The van der Waals surface area contributed by atoms with Crippen LogP contribution in [0, 0.1) is 20.2 Å². The van der Waals surface area contributed by atoms with Crippen LogP contribution in [-0.2, 0) is 28.6 Å². The van der Waals surface area contributed by atoms with Crippen LogP contribution in [0.5, 0.6) is 0 Å². The summed E-state index contributed by atoms with van der Waals surface area (Å²) in [5.74, 6) is -2.45. The molecule has 3 aromatic rings. The van der Waals surface area contributed by atoms with Crippen molar-refractivity contribution >= 4 is 99.1 Å². The second kappa shape index (κ2) is 18.9. The van der Waals surface area contributed by atoms with Gasteiger partial charge in [-0.05, 0) is 31.2 Å². The minimum atomic E-state index is -1.70. The predicted molar refractivity (Wildman–Crippen MR) is 189 cm³/mol. The molecule has 1 unspecified atom stereocenters. The van der Waals surface area contributed by atoms with Crippen molar-refractivity contribution in [2.24, 2.45) is 30.4 Å². The molecular formula is C30H26Cl2N10O10. The second-order valence-electron chi connectivity index (χ2n) is 9.79. The lowest BCUT2D eigenvalue weighted by Crippen LogP contribution is -2.32. The number of nitro groups is 2. The first-order valence-corrected chi connectivity index (χ1v) is 14.9. The van der Waals surface area contributed by atoms with Gasteiger partial charge in [-0.25, -0.2) is 9.98 Å². The molecule has 1 atom stereocenters. The van der Waals surface area contributed by atoms with Gasteiger partial charge >= 0.3 is 0 Å². The maximum atomic E-state index is 13.3. The highest BCUT2D eigenvalue weighted by atomic mass is 35.5. The lowest BCUT2D eigenvalue weighted by molar-refractivity contribution is -0.385. The highest BCUT2D eigenvalue weighted by molar-refractivity contribution is 6.33. The Hall–Kier alpha value is -6.67. The van der Waals surface area contributed by atoms with Crippen molar-refractivity contribution in [2.45, 2.75) is 19.9 Å². The third kappa shape index (κ3) is 11.5. The van der Waals surface area contributed by atoms with Crippen molar-refractivity contribution in [2.75, 3.05) is 24.9 Å². The molecule has 0 spiro atoms. The Morgan fingerprint density at radius 3 is 1.79 bits per heavy atom. The Morgan fingerprint density at radius 2 is 1.31 bits per heavy atom. The summed E-state index contributed by atoms with van der Waals surface area (Å²) < 4.78 is 15.3. The van der Waals surface area contributed by atoms with Crippen LogP contribution in [0.4, 0.5) is 45.5 Å². The fourth-order valence-corrected chi connectivity index (χ4v) is 4.15. The molecule has 0 radical (unpaired) electrons. The van der Waals surface area contributed by atoms with Gasteiger partial charge in [-0.15, -0.1) is 10.2 Å². The van der Waals surface area contributed by atoms with E-state index in [1.807, 2.05) is 0 Å². The molecule has 2 N–H and O–H groups in total. The molecule has 0 aliphatic heterocycles. The quantitative estimate of drug-likeness (QED) is 0.0274. The number of amides is 2. The van der Waals surface area contributed by atoms with Gasteiger partial charge in [0.1, 0.15) is 17.6 Å². The summed E-state index contributed by atoms with van der Waals surface area (Å²) in [4.78, 5) is 66.8. The van der Waals surface area contributed by atoms with E-state index >= 15 is 0 Å². The third-order valence-electron chi connectivity index (χ3n) is 6.02. The van der Waals surface area contributed by atoms with Crippen molar-refractivity contribution in [1.82, 2.24) is 0 Å². The zero-order valence-electron chi connectivity index (χ0n) is 27.3. The summed E-state index contributed by atoms with van der Waals surface area (Å²) in [6.07, 6.45) is 3.05. The Bertz CT molecular complexity index is 2040. The first-order chi connectivity index (χ1) is 24.7. The molecule has 0 saturated heterocycles. The van der Waals surface area contributed by atoms with Crippen molar-refractivity contribution in [3.8, 4) is 0 Å². The van der Waals surface area contributed by atoms with Crippen molar-refractivity contribution in [3.63, 3.8) is 0 Å². The number of carbonyl (C=O) groups is 3. The molecule has 0 aromatic heterocycles. The van der Waals surface area contributed by atoms with Crippen molar-refractivity contribution in [1.29, 1.82) is 0 Å². The smallest absolute Gasteiger partial charge is 0.274 e. The molecule has 2 amide bonds. The summed E-state index contributed by atoms with van der Waals surface area (Å²) in [6, 6.07) is 7.84. The van der Waals surface area contributed by atoms with E-state index in [1.165, 1.54) is 51.5 Å². The number of nitrogens with zero attached hydrogens (tertiary/aromatic N) is 8. The predicted octanol–water partition coefficient (Wildman–Crippen LogP) is 7.66. The Labute approximate surface area is 303 Å². The van der Waals surface area contributed by atoms with Crippen molar-refractivity contribution in [3.05, 3.63) is 91.0 Å². The van der Waals surface area contributed by atoms with E-state index in [-0.39, 0.29) is 61.4 Å². The van der Waals surface area contributed by atoms with Gasteiger partial charge in [0.25, 0.3) is 23.2 Å². The summed E-state index contributed by atoms with van der Waals surface area (Å²) in [6.45, 7) is 2.30. The largest absolute Gasteiger partial charge is 0.499 e. The molecule has 0 saturated carbocycles. The van der Waals surface area contributed by atoms with Gasteiger partial charge in [-0.3, -0.25) is 34.6 Å². The van der Waals surface area contributed by atoms with Crippen LogP contribution in [0.15, 0.2) is 91.1 Å². The standard InChI is InChI=1S/C30H26Cl2N10O10/c1-16(43)29(40-38-23-8-6-19(42(48)49)10-21(23)32)30(45)36-27-12-24(33-14-51-4)25(11-26(27)35-17(2)44)34-15-52-28(13-50-3)39-37-22-7-5-18(41(46)47)9-20(22)31/h5-15,29H,1-4H3,(H,35,44)(H,36,45)/b28-13-,33-14?,34-15?,39-37?,40-38?. The highest BCUT2D eigenvalue weighted by Crippen LogP contribution is 2.38. The third-order valence-corrected chi connectivity index (χ3v) is 6.62. The number of azo groups is 2. The Morgan fingerprint density at radius 1 is 0.769 bits per heavy atom. The maximum absolute atomic E-state index is 13.3. The zero-order chi connectivity index (χ0) is 38.4. The number of halogens is 2. The maximum Gasteiger partial charge on any atom is 0.274 e. The fourth-order valence-electron chi connectivity index (χ4n) is 3.73. The number of rotatable bonds is 16. The van der Waals surface area contributed by atoms with Gasteiger partial charge in [0.2, 0.25) is 11.9 Å². The first kappa shape index (κ1) is 39.8.